The van der Waals surface area contributed by atoms with Gasteiger partial charge in [0.05, 0.1) is 29.2 Å². The third-order valence-corrected chi connectivity index (χ3v) is 4.28. The van der Waals surface area contributed by atoms with E-state index in [9.17, 15) is 13.6 Å². The average Bonchev–Trinajstić information content (AvgIpc) is 2.96. The molecule has 3 aromatic rings. The molecule has 0 unspecified atom stereocenters. The van der Waals surface area contributed by atoms with Gasteiger partial charge in [-0.25, -0.2) is 18.3 Å². The summed E-state index contributed by atoms with van der Waals surface area (Å²) in [6.07, 6.45) is 0. The second-order valence-corrected chi connectivity index (χ2v) is 6.10. The highest BCUT2D eigenvalue weighted by molar-refractivity contribution is 6.31. The fourth-order valence-electron chi connectivity index (χ4n) is 2.91. The number of hydrogen-bond donors (Lipinski definition) is 1. The highest BCUT2D eigenvalue weighted by atomic mass is 35.5. The first-order valence-corrected chi connectivity index (χ1v) is 7.95. The number of rotatable bonds is 2. The molecule has 0 aliphatic carbocycles. The molecule has 1 aliphatic heterocycles. The van der Waals surface area contributed by atoms with Gasteiger partial charge in [-0.15, -0.1) is 0 Å². The van der Waals surface area contributed by atoms with Crippen LogP contribution >= 0.6 is 11.6 Å². The lowest BCUT2D eigenvalue weighted by Gasteiger charge is -2.12. The largest absolute Gasteiger partial charge is 0.476 e. The number of carbonyl (C=O) groups is 1. The Morgan fingerprint density at radius 1 is 1.15 bits per heavy atom. The smallest absolute Gasteiger partial charge is 0.356 e. The number of aliphatic imine (C=N–C) groups is 1. The SMILES string of the molecule is O=C(O)c1cc2n(n1)-c1ccc(Cl)cc1C(c1c(F)cccc1F)=NC2. The minimum absolute atomic E-state index is 0.00961. The second kappa shape index (κ2) is 6.03. The first-order chi connectivity index (χ1) is 12.5. The molecule has 0 bridgehead atoms. The van der Waals surface area contributed by atoms with Gasteiger partial charge in [-0.1, -0.05) is 17.7 Å². The number of carboxylic acids is 1. The van der Waals surface area contributed by atoms with E-state index >= 15 is 0 Å². The van der Waals surface area contributed by atoms with Crippen molar-refractivity contribution in [3.8, 4) is 5.69 Å². The van der Waals surface area contributed by atoms with Gasteiger partial charge in [-0.2, -0.15) is 5.10 Å². The Morgan fingerprint density at radius 2 is 1.88 bits per heavy atom. The van der Waals surface area contributed by atoms with Gasteiger partial charge >= 0.3 is 5.97 Å². The summed E-state index contributed by atoms with van der Waals surface area (Å²) in [6, 6.07) is 9.68. The number of aromatic nitrogens is 2. The highest BCUT2D eigenvalue weighted by Crippen LogP contribution is 2.29. The summed E-state index contributed by atoms with van der Waals surface area (Å²) in [6.45, 7) is 0.00961. The van der Waals surface area contributed by atoms with Crippen LogP contribution in [0.25, 0.3) is 5.69 Å². The van der Waals surface area contributed by atoms with Crippen molar-refractivity contribution in [2.75, 3.05) is 0 Å². The van der Waals surface area contributed by atoms with Crippen LogP contribution < -0.4 is 0 Å². The van der Waals surface area contributed by atoms with Gasteiger partial charge in [0.25, 0.3) is 0 Å². The molecule has 0 saturated carbocycles. The van der Waals surface area contributed by atoms with E-state index in [4.69, 9.17) is 16.7 Å². The summed E-state index contributed by atoms with van der Waals surface area (Å²) < 4.78 is 30.1. The Bertz CT molecular complexity index is 1070. The van der Waals surface area contributed by atoms with Crippen LogP contribution in [-0.4, -0.2) is 26.6 Å². The quantitative estimate of drug-likeness (QED) is 0.741. The first kappa shape index (κ1) is 16.4. The number of aromatic carboxylic acids is 1. The molecule has 8 heteroatoms. The Labute approximate surface area is 151 Å². The summed E-state index contributed by atoms with van der Waals surface area (Å²) in [4.78, 5) is 15.5. The summed E-state index contributed by atoms with van der Waals surface area (Å²) in [7, 11) is 0. The lowest BCUT2D eigenvalue weighted by atomic mass is 9.99. The van der Waals surface area contributed by atoms with Gasteiger partial charge in [-0.3, -0.25) is 4.99 Å². The number of nitrogens with zero attached hydrogens (tertiary/aromatic N) is 3. The number of hydrogen-bond acceptors (Lipinski definition) is 3. The van der Waals surface area contributed by atoms with Crippen LogP contribution in [0, 0.1) is 11.6 Å². The van der Waals surface area contributed by atoms with E-state index in [1.165, 1.54) is 22.9 Å². The molecular weight excluding hydrogens is 364 g/mol. The molecule has 26 heavy (non-hydrogen) atoms. The molecule has 0 radical (unpaired) electrons. The highest BCUT2D eigenvalue weighted by Gasteiger charge is 2.25. The van der Waals surface area contributed by atoms with Crippen LogP contribution in [0.4, 0.5) is 8.78 Å². The molecule has 1 aliphatic rings. The molecule has 1 aromatic heterocycles. The fourth-order valence-corrected chi connectivity index (χ4v) is 3.08. The fraction of sp³-hybridized carbons (Fsp3) is 0.0556. The van der Waals surface area contributed by atoms with Crippen LogP contribution in [0.1, 0.15) is 27.3 Å². The zero-order valence-corrected chi connectivity index (χ0v) is 13.8. The molecule has 2 aromatic carbocycles. The Kier molecular flexibility index (Phi) is 3.81. The molecule has 130 valence electrons. The number of carboxylic acid groups (broad SMARTS) is 1. The number of benzene rings is 2. The third kappa shape index (κ3) is 2.57. The summed E-state index contributed by atoms with van der Waals surface area (Å²) in [5.74, 6) is -2.67. The standard InChI is InChI=1S/C18H10ClF2N3O2/c19-9-4-5-15-11(6-9)17(16-12(20)2-1-3-13(16)21)22-8-10-7-14(18(25)26)23-24(10)15/h1-7H,8H2,(H,25,26). The van der Waals surface area contributed by atoms with Crippen molar-refractivity contribution >= 4 is 23.3 Å². The number of fused-ring (bicyclic) bond motifs is 3. The van der Waals surface area contributed by atoms with E-state index in [-0.39, 0.29) is 23.5 Å². The molecule has 1 N–H and O–H groups in total. The zero-order chi connectivity index (χ0) is 18.4. The van der Waals surface area contributed by atoms with Gasteiger partial charge in [-0.05, 0) is 36.4 Å². The normalized spacial score (nSPS) is 12.8. The van der Waals surface area contributed by atoms with Crippen LogP contribution in [-0.2, 0) is 6.54 Å². The summed E-state index contributed by atoms with van der Waals surface area (Å²) in [5, 5.41) is 13.6. The van der Waals surface area contributed by atoms with Crippen LogP contribution in [0.5, 0.6) is 0 Å². The van der Waals surface area contributed by atoms with E-state index in [1.807, 2.05) is 0 Å². The molecule has 0 amide bonds. The minimum Gasteiger partial charge on any atom is -0.476 e. The lowest BCUT2D eigenvalue weighted by molar-refractivity contribution is 0.0690. The van der Waals surface area contributed by atoms with Crippen molar-refractivity contribution in [3.63, 3.8) is 0 Å². The Morgan fingerprint density at radius 3 is 2.58 bits per heavy atom. The maximum absolute atomic E-state index is 14.3. The lowest BCUT2D eigenvalue weighted by Crippen LogP contribution is -2.12. The number of halogens is 3. The van der Waals surface area contributed by atoms with Gasteiger partial charge in [0, 0.05) is 10.6 Å². The Balaban J connectivity index is 2.00. The van der Waals surface area contributed by atoms with E-state index in [1.54, 1.807) is 12.1 Å². The molecule has 0 saturated heterocycles. The molecule has 0 spiro atoms. The topological polar surface area (TPSA) is 67.5 Å². The molecule has 0 atom stereocenters. The van der Waals surface area contributed by atoms with Crippen molar-refractivity contribution in [2.24, 2.45) is 4.99 Å². The molecular formula is C18H10ClF2N3O2. The molecule has 5 nitrogen and oxygen atoms in total. The zero-order valence-electron chi connectivity index (χ0n) is 13.1. The van der Waals surface area contributed by atoms with E-state index < -0.39 is 17.6 Å². The average molecular weight is 374 g/mol. The maximum atomic E-state index is 14.3. The van der Waals surface area contributed by atoms with Gasteiger partial charge in [0.2, 0.25) is 0 Å². The maximum Gasteiger partial charge on any atom is 0.356 e. The first-order valence-electron chi connectivity index (χ1n) is 7.57. The van der Waals surface area contributed by atoms with Crippen molar-refractivity contribution in [1.82, 2.24) is 9.78 Å². The van der Waals surface area contributed by atoms with Gasteiger partial charge in [0.1, 0.15) is 11.6 Å². The van der Waals surface area contributed by atoms with Crippen molar-refractivity contribution in [1.29, 1.82) is 0 Å². The van der Waals surface area contributed by atoms with Crippen molar-refractivity contribution in [3.05, 3.63) is 81.6 Å². The summed E-state index contributed by atoms with van der Waals surface area (Å²) >= 11 is 6.08. The molecule has 2 heterocycles. The second-order valence-electron chi connectivity index (χ2n) is 5.66. The summed E-state index contributed by atoms with van der Waals surface area (Å²) in [5.41, 5.74) is 0.978. The van der Waals surface area contributed by atoms with E-state index in [0.29, 0.717) is 22.0 Å². The van der Waals surface area contributed by atoms with Crippen molar-refractivity contribution < 1.29 is 18.7 Å². The monoisotopic (exact) mass is 373 g/mol. The van der Waals surface area contributed by atoms with Crippen LogP contribution in [0.2, 0.25) is 5.02 Å². The van der Waals surface area contributed by atoms with Gasteiger partial charge in [0.15, 0.2) is 5.69 Å². The van der Waals surface area contributed by atoms with Crippen molar-refractivity contribution in [2.45, 2.75) is 6.54 Å². The Hall–Kier alpha value is -3.06. The van der Waals surface area contributed by atoms with E-state index in [2.05, 4.69) is 10.1 Å². The minimum atomic E-state index is -1.18. The molecule has 4 rings (SSSR count). The molecule has 0 fully saturated rings. The predicted octanol–water partition coefficient (Wildman–Crippen LogP) is 3.85. The van der Waals surface area contributed by atoms with Crippen LogP contribution in [0.3, 0.4) is 0 Å². The van der Waals surface area contributed by atoms with E-state index in [0.717, 1.165) is 12.1 Å². The van der Waals surface area contributed by atoms with Gasteiger partial charge < -0.3 is 5.11 Å². The third-order valence-electron chi connectivity index (χ3n) is 4.04. The van der Waals surface area contributed by atoms with Crippen LogP contribution in [0.15, 0.2) is 47.5 Å². The predicted molar refractivity (Wildman–Crippen MR) is 91.2 cm³/mol.